The zero-order chi connectivity index (χ0) is 10.2. The third-order valence-corrected chi connectivity index (χ3v) is 2.72. The van der Waals surface area contributed by atoms with Crippen LogP contribution in [0.1, 0.15) is 44.9 Å². The van der Waals surface area contributed by atoms with Crippen molar-refractivity contribution in [1.29, 1.82) is 5.26 Å². The van der Waals surface area contributed by atoms with Crippen molar-refractivity contribution in [3.05, 3.63) is 12.2 Å². The molecule has 0 bridgehead atoms. The third kappa shape index (κ3) is 4.23. The van der Waals surface area contributed by atoms with Crippen LogP contribution >= 0.6 is 0 Å². The predicted octanol–water partition coefficient (Wildman–Crippen LogP) is 3.00. The molecule has 0 aromatic carbocycles. The van der Waals surface area contributed by atoms with Crippen LogP contribution in [0.3, 0.4) is 0 Å². The standard InChI is InChI=1S/C12H17NO/c13-10-4-7-12(14)9-8-11-5-2-1-3-6-11/h1-2,11H,3-9H2. The van der Waals surface area contributed by atoms with Crippen LogP contribution in [0.5, 0.6) is 0 Å². The highest BCUT2D eigenvalue weighted by atomic mass is 16.1. The molecule has 0 aromatic heterocycles. The van der Waals surface area contributed by atoms with Crippen LogP contribution in [0.4, 0.5) is 0 Å². The average Bonchev–Trinajstić information content (AvgIpc) is 2.25. The molecular weight excluding hydrogens is 174 g/mol. The van der Waals surface area contributed by atoms with Gasteiger partial charge in [-0.25, -0.2) is 0 Å². The molecule has 14 heavy (non-hydrogen) atoms. The first-order valence-electron chi connectivity index (χ1n) is 5.36. The van der Waals surface area contributed by atoms with Gasteiger partial charge in [0.2, 0.25) is 0 Å². The molecule has 1 aliphatic carbocycles. The van der Waals surface area contributed by atoms with Crippen molar-refractivity contribution in [3.8, 4) is 6.07 Å². The number of nitrogens with zero attached hydrogens (tertiary/aromatic N) is 1. The quantitative estimate of drug-likeness (QED) is 0.627. The van der Waals surface area contributed by atoms with Crippen molar-refractivity contribution in [2.75, 3.05) is 0 Å². The predicted molar refractivity (Wildman–Crippen MR) is 55.6 cm³/mol. The summed E-state index contributed by atoms with van der Waals surface area (Å²) in [5.74, 6) is 0.951. The molecule has 76 valence electrons. The monoisotopic (exact) mass is 191 g/mol. The lowest BCUT2D eigenvalue weighted by Gasteiger charge is -2.16. The number of Topliss-reactive ketones (excluding diaryl/α,β-unsaturated/α-hetero) is 1. The summed E-state index contributed by atoms with van der Waals surface area (Å²) in [6.45, 7) is 0. The Labute approximate surface area is 85.6 Å². The van der Waals surface area contributed by atoms with Gasteiger partial charge >= 0.3 is 0 Å². The second-order valence-electron chi connectivity index (χ2n) is 3.89. The SMILES string of the molecule is N#CCCC(=O)CCC1CC=CCC1. The Balaban J connectivity index is 2.10. The topological polar surface area (TPSA) is 40.9 Å². The molecule has 0 N–H and O–H groups in total. The van der Waals surface area contributed by atoms with Crippen LogP contribution in [0, 0.1) is 17.2 Å². The van der Waals surface area contributed by atoms with Crippen molar-refractivity contribution < 1.29 is 4.79 Å². The molecule has 0 heterocycles. The normalized spacial score (nSPS) is 20.4. The molecule has 1 atom stereocenters. The third-order valence-electron chi connectivity index (χ3n) is 2.72. The van der Waals surface area contributed by atoms with Gasteiger partial charge in [0.05, 0.1) is 6.07 Å². The van der Waals surface area contributed by atoms with E-state index in [1.165, 1.54) is 6.42 Å². The molecule has 1 rings (SSSR count). The summed E-state index contributed by atoms with van der Waals surface area (Å²) in [5, 5.41) is 8.32. The summed E-state index contributed by atoms with van der Waals surface area (Å²) in [7, 11) is 0. The van der Waals surface area contributed by atoms with Gasteiger partial charge in [0.1, 0.15) is 5.78 Å². The zero-order valence-electron chi connectivity index (χ0n) is 8.54. The van der Waals surface area contributed by atoms with Gasteiger partial charge in [0.25, 0.3) is 0 Å². The molecule has 0 spiro atoms. The van der Waals surface area contributed by atoms with Gasteiger partial charge in [0, 0.05) is 19.3 Å². The molecule has 0 radical (unpaired) electrons. The largest absolute Gasteiger partial charge is 0.300 e. The molecular formula is C12H17NO. The maximum absolute atomic E-state index is 11.3. The second kappa shape index (κ2) is 6.37. The smallest absolute Gasteiger partial charge is 0.133 e. The van der Waals surface area contributed by atoms with Gasteiger partial charge < -0.3 is 0 Å². The Morgan fingerprint density at radius 1 is 1.43 bits per heavy atom. The van der Waals surface area contributed by atoms with Crippen molar-refractivity contribution in [3.63, 3.8) is 0 Å². The number of nitriles is 1. The van der Waals surface area contributed by atoms with E-state index in [2.05, 4.69) is 12.2 Å². The zero-order valence-corrected chi connectivity index (χ0v) is 8.54. The van der Waals surface area contributed by atoms with Crippen LogP contribution in [-0.2, 0) is 4.79 Å². The Morgan fingerprint density at radius 2 is 2.29 bits per heavy atom. The van der Waals surface area contributed by atoms with Gasteiger partial charge in [-0.15, -0.1) is 0 Å². The number of rotatable bonds is 5. The van der Waals surface area contributed by atoms with Crippen LogP contribution in [0.15, 0.2) is 12.2 Å². The number of allylic oxidation sites excluding steroid dienone is 2. The number of carbonyl (C=O) groups excluding carboxylic acids is 1. The van der Waals surface area contributed by atoms with E-state index in [9.17, 15) is 4.79 Å². The summed E-state index contributed by atoms with van der Waals surface area (Å²) >= 11 is 0. The van der Waals surface area contributed by atoms with E-state index >= 15 is 0 Å². The molecule has 0 fully saturated rings. The molecule has 0 saturated heterocycles. The van der Waals surface area contributed by atoms with E-state index in [0.29, 0.717) is 25.2 Å². The van der Waals surface area contributed by atoms with Crippen LogP contribution < -0.4 is 0 Å². The number of hydrogen-bond acceptors (Lipinski definition) is 2. The molecule has 1 aliphatic rings. The maximum Gasteiger partial charge on any atom is 0.133 e. The summed E-state index contributed by atoms with van der Waals surface area (Å²) in [6.07, 6.45) is 10.4. The van der Waals surface area contributed by atoms with Gasteiger partial charge in [-0.05, 0) is 31.6 Å². The van der Waals surface area contributed by atoms with E-state index in [4.69, 9.17) is 5.26 Å². The van der Waals surface area contributed by atoms with Crippen LogP contribution in [0.2, 0.25) is 0 Å². The minimum Gasteiger partial charge on any atom is -0.300 e. The summed E-state index contributed by atoms with van der Waals surface area (Å²) < 4.78 is 0. The minimum absolute atomic E-state index is 0.251. The van der Waals surface area contributed by atoms with Gasteiger partial charge in [-0.2, -0.15) is 5.26 Å². The molecule has 2 nitrogen and oxygen atoms in total. The van der Waals surface area contributed by atoms with Crippen molar-refractivity contribution >= 4 is 5.78 Å². The summed E-state index contributed by atoms with van der Waals surface area (Å²) in [6, 6.07) is 2.00. The number of carbonyl (C=O) groups is 1. The van der Waals surface area contributed by atoms with Crippen LogP contribution in [-0.4, -0.2) is 5.78 Å². The van der Waals surface area contributed by atoms with Gasteiger partial charge in [-0.1, -0.05) is 12.2 Å². The van der Waals surface area contributed by atoms with Crippen molar-refractivity contribution in [2.24, 2.45) is 5.92 Å². The minimum atomic E-state index is 0.251. The Hall–Kier alpha value is -1.10. The molecule has 1 unspecified atom stereocenters. The Morgan fingerprint density at radius 3 is 2.93 bits per heavy atom. The maximum atomic E-state index is 11.3. The molecule has 0 saturated carbocycles. The van der Waals surface area contributed by atoms with Crippen molar-refractivity contribution in [1.82, 2.24) is 0 Å². The van der Waals surface area contributed by atoms with E-state index < -0.39 is 0 Å². The number of ketones is 1. The van der Waals surface area contributed by atoms with Gasteiger partial charge in [0.15, 0.2) is 0 Å². The number of hydrogen-bond donors (Lipinski definition) is 0. The molecule has 2 heteroatoms. The Bertz CT molecular complexity index is 250. The van der Waals surface area contributed by atoms with Crippen molar-refractivity contribution in [2.45, 2.75) is 44.9 Å². The molecule has 0 aliphatic heterocycles. The summed E-state index contributed by atoms with van der Waals surface area (Å²) in [4.78, 5) is 11.3. The fraction of sp³-hybridized carbons (Fsp3) is 0.667. The van der Waals surface area contributed by atoms with E-state index in [-0.39, 0.29) is 5.78 Å². The fourth-order valence-corrected chi connectivity index (χ4v) is 1.80. The summed E-state index contributed by atoms with van der Waals surface area (Å²) in [5.41, 5.74) is 0. The van der Waals surface area contributed by atoms with E-state index in [1.807, 2.05) is 6.07 Å². The molecule has 0 amide bonds. The fourth-order valence-electron chi connectivity index (χ4n) is 1.80. The highest BCUT2D eigenvalue weighted by molar-refractivity contribution is 5.78. The second-order valence-corrected chi connectivity index (χ2v) is 3.89. The Kier molecular flexibility index (Phi) is 4.99. The first-order chi connectivity index (χ1) is 6.83. The van der Waals surface area contributed by atoms with E-state index in [1.54, 1.807) is 0 Å². The van der Waals surface area contributed by atoms with Crippen LogP contribution in [0.25, 0.3) is 0 Å². The van der Waals surface area contributed by atoms with Gasteiger partial charge in [-0.3, -0.25) is 4.79 Å². The lowest BCUT2D eigenvalue weighted by atomic mass is 9.89. The lowest BCUT2D eigenvalue weighted by Crippen LogP contribution is -2.06. The molecule has 0 aromatic rings. The highest BCUT2D eigenvalue weighted by Crippen LogP contribution is 2.23. The van der Waals surface area contributed by atoms with E-state index in [0.717, 1.165) is 19.3 Å². The lowest BCUT2D eigenvalue weighted by molar-refractivity contribution is -0.119. The highest BCUT2D eigenvalue weighted by Gasteiger charge is 2.11. The first-order valence-corrected chi connectivity index (χ1v) is 5.36. The first kappa shape index (κ1) is 11.0. The average molecular weight is 191 g/mol.